The van der Waals surface area contributed by atoms with Crippen LogP contribution < -0.4 is 4.90 Å². The van der Waals surface area contributed by atoms with E-state index >= 15 is 0 Å². The number of carbonyl (C=O) groups excluding carboxylic acids is 2. The molecule has 3 aromatic carbocycles. The van der Waals surface area contributed by atoms with Crippen molar-refractivity contribution >= 4 is 17.5 Å². The zero-order chi connectivity index (χ0) is 26.8. The smallest absolute Gasteiger partial charge is 0.238 e. The number of fused-ring (bicyclic) bond motifs is 3. The van der Waals surface area contributed by atoms with Crippen LogP contribution in [0.15, 0.2) is 103 Å². The number of rotatable bonds is 8. The van der Waals surface area contributed by atoms with Crippen molar-refractivity contribution in [3.05, 3.63) is 114 Å². The molecule has 0 unspecified atom stereocenters. The molecule has 200 valence electrons. The molecule has 0 radical (unpaired) electrons. The maximum atomic E-state index is 14.0. The van der Waals surface area contributed by atoms with E-state index in [1.165, 1.54) is 4.90 Å². The second-order valence-corrected chi connectivity index (χ2v) is 10.1. The fraction of sp³-hybridized carbons (Fsp3) is 0.312. The summed E-state index contributed by atoms with van der Waals surface area (Å²) in [6.45, 7) is 0.641. The average Bonchev–Trinajstić information content (AvgIpc) is 3.25. The van der Waals surface area contributed by atoms with Gasteiger partial charge in [0.05, 0.1) is 36.7 Å². The minimum atomic E-state index is -0.731. The van der Waals surface area contributed by atoms with Crippen LogP contribution >= 0.6 is 0 Å². The molecule has 0 bridgehead atoms. The van der Waals surface area contributed by atoms with Gasteiger partial charge in [0, 0.05) is 7.11 Å². The molecule has 6 atom stereocenters. The molecule has 2 fully saturated rings. The van der Waals surface area contributed by atoms with Gasteiger partial charge in [0.1, 0.15) is 18.0 Å². The van der Waals surface area contributed by atoms with Gasteiger partial charge in [0.25, 0.3) is 0 Å². The molecule has 3 aliphatic rings. The number of amides is 2. The van der Waals surface area contributed by atoms with Crippen molar-refractivity contribution in [3.63, 3.8) is 0 Å². The van der Waals surface area contributed by atoms with E-state index in [9.17, 15) is 9.59 Å². The molecule has 7 heteroatoms. The molecule has 2 amide bonds. The summed E-state index contributed by atoms with van der Waals surface area (Å²) in [4.78, 5) is 28.8. The minimum absolute atomic E-state index is 0.191. The van der Waals surface area contributed by atoms with Crippen molar-refractivity contribution in [2.24, 2.45) is 17.8 Å². The maximum absolute atomic E-state index is 14.0. The van der Waals surface area contributed by atoms with Gasteiger partial charge >= 0.3 is 0 Å². The minimum Gasteiger partial charge on any atom is -0.466 e. The van der Waals surface area contributed by atoms with Crippen LogP contribution in [0.25, 0.3) is 0 Å². The summed E-state index contributed by atoms with van der Waals surface area (Å²) in [6, 6.07) is 28.8. The highest BCUT2D eigenvalue weighted by molar-refractivity contribution is 6.22. The first-order chi connectivity index (χ1) is 19.2. The number of anilines is 1. The number of nitrogens with zero attached hydrogens (tertiary/aromatic N) is 1. The number of allylic oxidation sites excluding steroid dienone is 1. The van der Waals surface area contributed by atoms with E-state index in [0.717, 1.165) is 11.1 Å². The Hall–Kier alpha value is -3.78. The van der Waals surface area contributed by atoms with Gasteiger partial charge < -0.3 is 18.9 Å². The van der Waals surface area contributed by atoms with Crippen LogP contribution in [0.5, 0.6) is 0 Å². The molecule has 2 aliphatic heterocycles. The monoisotopic (exact) mass is 525 g/mol. The molecule has 0 aromatic heterocycles. The van der Waals surface area contributed by atoms with Crippen LogP contribution in [0.4, 0.5) is 5.69 Å². The van der Waals surface area contributed by atoms with Crippen molar-refractivity contribution in [2.75, 3.05) is 12.0 Å². The van der Waals surface area contributed by atoms with E-state index < -0.39 is 36.3 Å². The van der Waals surface area contributed by atoms with Crippen LogP contribution in [-0.4, -0.2) is 37.4 Å². The molecule has 7 nitrogen and oxygen atoms in total. The number of carbonyl (C=O) groups is 2. The Morgan fingerprint density at radius 2 is 1.31 bits per heavy atom. The maximum Gasteiger partial charge on any atom is 0.238 e. The first kappa shape index (κ1) is 25.5. The summed E-state index contributed by atoms with van der Waals surface area (Å²) in [7, 11) is 1.58. The Balaban J connectivity index is 1.35. The van der Waals surface area contributed by atoms with Gasteiger partial charge in [-0.25, -0.2) is 0 Å². The Morgan fingerprint density at radius 1 is 0.744 bits per heavy atom. The van der Waals surface area contributed by atoms with Crippen molar-refractivity contribution < 1.29 is 28.5 Å². The molecule has 0 N–H and O–H groups in total. The summed E-state index contributed by atoms with van der Waals surface area (Å²) >= 11 is 0. The van der Waals surface area contributed by atoms with Crippen LogP contribution in [-0.2, 0) is 41.8 Å². The quantitative estimate of drug-likeness (QED) is 0.391. The fourth-order valence-corrected chi connectivity index (χ4v) is 5.93. The number of hydrogen-bond acceptors (Lipinski definition) is 6. The van der Waals surface area contributed by atoms with Gasteiger partial charge in [-0.3, -0.25) is 14.5 Å². The molecule has 1 aliphatic carbocycles. The number of benzene rings is 3. The van der Waals surface area contributed by atoms with Gasteiger partial charge in [-0.2, -0.15) is 0 Å². The lowest BCUT2D eigenvalue weighted by molar-refractivity contribution is -0.260. The van der Waals surface area contributed by atoms with Crippen LogP contribution in [0, 0.1) is 17.8 Å². The standard InChI is InChI=1S/C32H31NO6/c1-36-32-29(38-20-22-13-7-3-8-14-22)28(37-19-21-11-5-2-6-12-21)27-25(39-32)18-17-24-26(27)31(35)33(30(24)34)23-15-9-4-10-16-23/h2-16,18,24,26-29,32H,17,19-20H2,1H3/t24-,26-,27+,28+,29-,32-/m1/s1. The second-order valence-electron chi connectivity index (χ2n) is 10.1. The summed E-state index contributed by atoms with van der Waals surface area (Å²) in [5, 5.41) is 0. The molecule has 6 rings (SSSR count). The van der Waals surface area contributed by atoms with Gasteiger partial charge in [0.2, 0.25) is 18.1 Å². The fourth-order valence-electron chi connectivity index (χ4n) is 5.93. The lowest BCUT2D eigenvalue weighted by Gasteiger charge is -2.46. The highest BCUT2D eigenvalue weighted by Crippen LogP contribution is 2.49. The van der Waals surface area contributed by atoms with E-state index in [2.05, 4.69) is 0 Å². The zero-order valence-corrected chi connectivity index (χ0v) is 21.7. The van der Waals surface area contributed by atoms with Crippen LogP contribution in [0.2, 0.25) is 0 Å². The van der Waals surface area contributed by atoms with Crippen molar-refractivity contribution in [2.45, 2.75) is 38.1 Å². The topological polar surface area (TPSA) is 74.3 Å². The summed E-state index contributed by atoms with van der Waals surface area (Å²) in [5.41, 5.74) is 2.57. The van der Waals surface area contributed by atoms with Gasteiger partial charge in [-0.15, -0.1) is 0 Å². The molecule has 2 heterocycles. The largest absolute Gasteiger partial charge is 0.466 e. The predicted octanol–water partition coefficient (Wildman–Crippen LogP) is 4.87. The molecule has 2 saturated heterocycles. The molecule has 3 aromatic rings. The number of para-hydroxylation sites is 1. The van der Waals surface area contributed by atoms with Crippen molar-refractivity contribution in [3.8, 4) is 0 Å². The van der Waals surface area contributed by atoms with Crippen LogP contribution in [0.1, 0.15) is 17.5 Å². The van der Waals surface area contributed by atoms with E-state index in [1.807, 2.05) is 84.9 Å². The van der Waals surface area contributed by atoms with E-state index in [4.69, 9.17) is 18.9 Å². The molecular formula is C32H31NO6. The van der Waals surface area contributed by atoms with Gasteiger partial charge in [0.15, 0.2) is 0 Å². The first-order valence-electron chi connectivity index (χ1n) is 13.3. The molecule has 0 spiro atoms. The molecular weight excluding hydrogens is 494 g/mol. The summed E-state index contributed by atoms with van der Waals surface area (Å²) in [6.07, 6.45) is 0.393. The van der Waals surface area contributed by atoms with Crippen molar-refractivity contribution in [1.29, 1.82) is 0 Å². The SMILES string of the molecule is CO[C@@H]1OC2=CC[C@H]3C(=O)N(c4ccccc4)C(=O)[C@H]3[C@H]2[C@H](OCc2ccccc2)[C@H]1OCc1ccccc1. The predicted molar refractivity (Wildman–Crippen MR) is 144 cm³/mol. The number of imide groups is 1. The summed E-state index contributed by atoms with van der Waals surface area (Å²) in [5.74, 6) is -1.42. The lowest BCUT2D eigenvalue weighted by Crippen LogP contribution is -2.56. The number of methoxy groups -OCH3 is 1. The molecule has 39 heavy (non-hydrogen) atoms. The number of hydrogen-bond donors (Lipinski definition) is 0. The average molecular weight is 526 g/mol. The van der Waals surface area contributed by atoms with Crippen LogP contribution in [0.3, 0.4) is 0 Å². The lowest BCUT2D eigenvalue weighted by atomic mass is 9.71. The Labute approximate surface area is 227 Å². The Morgan fingerprint density at radius 3 is 1.90 bits per heavy atom. The first-order valence-corrected chi connectivity index (χ1v) is 13.3. The second kappa shape index (κ2) is 11.1. The van der Waals surface area contributed by atoms with E-state index in [1.54, 1.807) is 19.2 Å². The Bertz CT molecular complexity index is 1330. The number of ether oxygens (including phenoxy) is 4. The zero-order valence-electron chi connectivity index (χ0n) is 21.7. The Kier molecular flexibility index (Phi) is 7.28. The van der Waals surface area contributed by atoms with Gasteiger partial charge in [-0.05, 0) is 35.8 Å². The highest BCUT2D eigenvalue weighted by Gasteiger charge is 2.60. The normalized spacial score (nSPS) is 27.9. The third-order valence-electron chi connectivity index (χ3n) is 7.78. The van der Waals surface area contributed by atoms with Gasteiger partial charge in [-0.1, -0.05) is 78.9 Å². The van der Waals surface area contributed by atoms with Crippen molar-refractivity contribution in [1.82, 2.24) is 0 Å². The van der Waals surface area contributed by atoms with E-state index in [-0.39, 0.29) is 11.8 Å². The summed E-state index contributed by atoms with van der Waals surface area (Å²) < 4.78 is 25.1. The van der Waals surface area contributed by atoms with E-state index in [0.29, 0.717) is 31.1 Å². The highest BCUT2D eigenvalue weighted by atomic mass is 16.7. The third kappa shape index (κ3) is 4.89. The molecule has 0 saturated carbocycles. The third-order valence-corrected chi connectivity index (χ3v) is 7.78.